The second-order valence-electron chi connectivity index (χ2n) is 4.59. The van der Waals surface area contributed by atoms with E-state index in [0.29, 0.717) is 5.41 Å². The zero-order valence-electron chi connectivity index (χ0n) is 10.2. The van der Waals surface area contributed by atoms with Gasteiger partial charge in [0.1, 0.15) is 0 Å². The molecule has 0 bridgehead atoms. The summed E-state index contributed by atoms with van der Waals surface area (Å²) in [6.07, 6.45) is 3.72. The van der Waals surface area contributed by atoms with E-state index < -0.39 is 0 Å². The number of piperidine rings is 1. The molecule has 0 aromatic rings. The van der Waals surface area contributed by atoms with Crippen molar-refractivity contribution < 1.29 is 0 Å². The Morgan fingerprint density at radius 2 is 2.00 bits per heavy atom. The van der Waals surface area contributed by atoms with Crippen LogP contribution in [0.3, 0.4) is 0 Å². The molecular weight excluding hydrogens is 188 g/mol. The molecule has 1 aliphatic rings. The summed E-state index contributed by atoms with van der Waals surface area (Å²) in [5, 5.41) is 0. The standard InChI is InChI=1S/C11H24N4/c1-4-11(3)6-8-15(9-7-11)10(14-12)13-5-2/h4-9,12H2,1-3H3,(H,13,14). The van der Waals surface area contributed by atoms with Crippen LogP contribution in [-0.2, 0) is 0 Å². The number of rotatable bonds is 2. The van der Waals surface area contributed by atoms with Crippen LogP contribution in [0.1, 0.15) is 40.0 Å². The van der Waals surface area contributed by atoms with Gasteiger partial charge in [0.2, 0.25) is 5.96 Å². The summed E-state index contributed by atoms with van der Waals surface area (Å²) in [6, 6.07) is 0. The smallest absolute Gasteiger partial charge is 0.208 e. The van der Waals surface area contributed by atoms with Crippen molar-refractivity contribution in [2.24, 2.45) is 16.3 Å². The zero-order chi connectivity index (χ0) is 11.3. The van der Waals surface area contributed by atoms with Crippen molar-refractivity contribution in [2.75, 3.05) is 19.6 Å². The predicted octanol–water partition coefficient (Wildman–Crippen LogP) is 1.34. The fourth-order valence-electron chi connectivity index (χ4n) is 2.00. The Balaban J connectivity index is 2.53. The van der Waals surface area contributed by atoms with Crippen molar-refractivity contribution >= 4 is 5.96 Å². The van der Waals surface area contributed by atoms with E-state index in [-0.39, 0.29) is 0 Å². The molecule has 1 rings (SSSR count). The Kier molecular flexibility index (Phi) is 4.39. The minimum atomic E-state index is 0.516. The van der Waals surface area contributed by atoms with Crippen molar-refractivity contribution in [3.8, 4) is 0 Å². The van der Waals surface area contributed by atoms with E-state index >= 15 is 0 Å². The van der Waals surface area contributed by atoms with E-state index in [4.69, 9.17) is 5.84 Å². The van der Waals surface area contributed by atoms with E-state index in [1.807, 2.05) is 6.92 Å². The molecule has 4 heteroatoms. The third kappa shape index (κ3) is 3.09. The first-order valence-corrected chi connectivity index (χ1v) is 5.91. The van der Waals surface area contributed by atoms with E-state index in [1.165, 1.54) is 19.3 Å². The van der Waals surface area contributed by atoms with Gasteiger partial charge < -0.3 is 4.90 Å². The number of nitrogens with zero attached hydrogens (tertiary/aromatic N) is 2. The molecule has 0 amide bonds. The van der Waals surface area contributed by atoms with Crippen LogP contribution in [-0.4, -0.2) is 30.5 Å². The zero-order valence-corrected chi connectivity index (χ0v) is 10.2. The van der Waals surface area contributed by atoms with Gasteiger partial charge in [-0.15, -0.1) is 0 Å². The molecule has 1 fully saturated rings. The van der Waals surface area contributed by atoms with Gasteiger partial charge in [-0.2, -0.15) is 0 Å². The Bertz CT molecular complexity index is 217. The lowest BCUT2D eigenvalue weighted by Gasteiger charge is -2.39. The van der Waals surface area contributed by atoms with Crippen molar-refractivity contribution in [1.82, 2.24) is 10.3 Å². The van der Waals surface area contributed by atoms with Gasteiger partial charge in [-0.25, -0.2) is 5.84 Å². The van der Waals surface area contributed by atoms with Crippen LogP contribution < -0.4 is 11.3 Å². The molecule has 88 valence electrons. The number of hydrogen-bond acceptors (Lipinski definition) is 2. The third-order valence-corrected chi connectivity index (χ3v) is 3.56. The number of hydrazine groups is 1. The van der Waals surface area contributed by atoms with Gasteiger partial charge in [0.05, 0.1) is 0 Å². The van der Waals surface area contributed by atoms with Crippen LogP contribution in [0.15, 0.2) is 4.99 Å². The molecule has 0 spiro atoms. The Morgan fingerprint density at radius 1 is 1.40 bits per heavy atom. The van der Waals surface area contributed by atoms with Gasteiger partial charge >= 0.3 is 0 Å². The Labute approximate surface area is 92.9 Å². The largest absolute Gasteiger partial charge is 0.342 e. The third-order valence-electron chi connectivity index (χ3n) is 3.56. The highest BCUT2D eigenvalue weighted by atomic mass is 15.4. The van der Waals surface area contributed by atoms with Gasteiger partial charge in [0, 0.05) is 19.6 Å². The maximum atomic E-state index is 5.47. The van der Waals surface area contributed by atoms with Crippen LogP contribution in [0.5, 0.6) is 0 Å². The maximum Gasteiger partial charge on any atom is 0.208 e. The highest BCUT2D eigenvalue weighted by molar-refractivity contribution is 5.79. The van der Waals surface area contributed by atoms with Crippen molar-refractivity contribution in [3.63, 3.8) is 0 Å². The first-order chi connectivity index (χ1) is 7.15. The number of guanidine groups is 1. The number of nitrogens with two attached hydrogens (primary N) is 1. The molecule has 1 heterocycles. The number of likely N-dealkylation sites (tertiary alicyclic amines) is 1. The topological polar surface area (TPSA) is 53.6 Å². The van der Waals surface area contributed by atoms with E-state index in [1.54, 1.807) is 0 Å². The normalized spacial score (nSPS) is 21.6. The fourth-order valence-corrected chi connectivity index (χ4v) is 2.00. The maximum absolute atomic E-state index is 5.47. The van der Waals surface area contributed by atoms with Gasteiger partial charge in [0.15, 0.2) is 0 Å². The van der Waals surface area contributed by atoms with Crippen LogP contribution in [0.4, 0.5) is 0 Å². The SMILES string of the molecule is CCN=C(NN)N1CCC(C)(CC)CC1. The van der Waals surface area contributed by atoms with Gasteiger partial charge in [0.25, 0.3) is 0 Å². The average Bonchev–Trinajstić information content (AvgIpc) is 2.27. The predicted molar refractivity (Wildman–Crippen MR) is 64.5 cm³/mol. The molecule has 0 atom stereocenters. The Hall–Kier alpha value is -0.770. The molecule has 1 saturated heterocycles. The van der Waals surface area contributed by atoms with Crippen LogP contribution >= 0.6 is 0 Å². The molecule has 1 aliphatic heterocycles. The number of nitrogens with one attached hydrogen (secondary N) is 1. The highest BCUT2D eigenvalue weighted by Gasteiger charge is 2.29. The summed E-state index contributed by atoms with van der Waals surface area (Å²) in [5.41, 5.74) is 3.21. The quantitative estimate of drug-likeness (QED) is 0.314. The fraction of sp³-hybridized carbons (Fsp3) is 0.909. The molecule has 0 unspecified atom stereocenters. The van der Waals surface area contributed by atoms with Gasteiger partial charge in [-0.3, -0.25) is 10.4 Å². The molecule has 0 aromatic carbocycles. The highest BCUT2D eigenvalue weighted by Crippen LogP contribution is 2.33. The average molecular weight is 212 g/mol. The summed E-state index contributed by atoms with van der Waals surface area (Å²) in [7, 11) is 0. The molecule has 0 saturated carbocycles. The number of aliphatic imine (C=N–C) groups is 1. The van der Waals surface area contributed by atoms with E-state index in [2.05, 4.69) is 29.2 Å². The lowest BCUT2D eigenvalue weighted by atomic mass is 9.78. The van der Waals surface area contributed by atoms with E-state index in [0.717, 1.165) is 25.6 Å². The summed E-state index contributed by atoms with van der Waals surface area (Å²) in [5.74, 6) is 6.31. The molecule has 3 N–H and O–H groups in total. The lowest BCUT2D eigenvalue weighted by molar-refractivity contribution is 0.159. The lowest BCUT2D eigenvalue weighted by Crippen LogP contribution is -2.49. The van der Waals surface area contributed by atoms with Gasteiger partial charge in [-0.1, -0.05) is 20.3 Å². The first-order valence-electron chi connectivity index (χ1n) is 5.91. The Morgan fingerprint density at radius 3 is 2.40 bits per heavy atom. The summed E-state index contributed by atoms with van der Waals surface area (Å²) in [4.78, 5) is 6.60. The van der Waals surface area contributed by atoms with Gasteiger partial charge in [-0.05, 0) is 25.2 Å². The molecule has 0 aromatic heterocycles. The molecule has 4 nitrogen and oxygen atoms in total. The summed E-state index contributed by atoms with van der Waals surface area (Å²) >= 11 is 0. The van der Waals surface area contributed by atoms with Crippen LogP contribution in [0.2, 0.25) is 0 Å². The second kappa shape index (κ2) is 5.35. The van der Waals surface area contributed by atoms with E-state index in [9.17, 15) is 0 Å². The summed E-state index contributed by atoms with van der Waals surface area (Å²) < 4.78 is 0. The molecule has 0 radical (unpaired) electrons. The number of hydrogen-bond donors (Lipinski definition) is 2. The molecule has 0 aliphatic carbocycles. The van der Waals surface area contributed by atoms with Crippen molar-refractivity contribution in [3.05, 3.63) is 0 Å². The van der Waals surface area contributed by atoms with Crippen LogP contribution in [0.25, 0.3) is 0 Å². The molecule has 15 heavy (non-hydrogen) atoms. The first kappa shape index (κ1) is 12.3. The van der Waals surface area contributed by atoms with Crippen molar-refractivity contribution in [1.29, 1.82) is 0 Å². The molecular formula is C11H24N4. The minimum absolute atomic E-state index is 0.516. The van der Waals surface area contributed by atoms with Crippen molar-refractivity contribution in [2.45, 2.75) is 40.0 Å². The minimum Gasteiger partial charge on any atom is -0.342 e. The second-order valence-corrected chi connectivity index (χ2v) is 4.59. The van der Waals surface area contributed by atoms with Crippen LogP contribution in [0, 0.1) is 5.41 Å². The summed E-state index contributed by atoms with van der Waals surface area (Å²) in [6.45, 7) is 9.58. The monoisotopic (exact) mass is 212 g/mol.